The molecule has 0 aliphatic rings. The molecular weight excluding hydrogens is 230 g/mol. The van der Waals surface area contributed by atoms with Crippen LogP contribution in [-0.4, -0.2) is 34.5 Å². The SMILES string of the molecule is CNc1cc(NC(C)C(=O)NC(C)(C)C)ncn1. The van der Waals surface area contributed by atoms with Gasteiger partial charge in [0.05, 0.1) is 0 Å². The summed E-state index contributed by atoms with van der Waals surface area (Å²) in [5, 5.41) is 8.86. The summed E-state index contributed by atoms with van der Waals surface area (Å²) in [4.78, 5) is 20.0. The molecule has 6 nitrogen and oxygen atoms in total. The van der Waals surface area contributed by atoms with Crippen molar-refractivity contribution in [2.45, 2.75) is 39.3 Å². The van der Waals surface area contributed by atoms with Crippen LogP contribution >= 0.6 is 0 Å². The molecule has 1 heterocycles. The molecule has 0 radical (unpaired) electrons. The number of aromatic nitrogens is 2. The number of carbonyl (C=O) groups excluding carboxylic acids is 1. The lowest BCUT2D eigenvalue weighted by atomic mass is 10.1. The van der Waals surface area contributed by atoms with Gasteiger partial charge in [-0.15, -0.1) is 0 Å². The molecule has 6 heteroatoms. The molecule has 0 aliphatic carbocycles. The zero-order valence-corrected chi connectivity index (χ0v) is 11.5. The van der Waals surface area contributed by atoms with E-state index in [2.05, 4.69) is 25.9 Å². The zero-order chi connectivity index (χ0) is 13.8. The molecule has 18 heavy (non-hydrogen) atoms. The van der Waals surface area contributed by atoms with E-state index in [1.807, 2.05) is 20.8 Å². The molecule has 1 unspecified atom stereocenters. The molecule has 3 N–H and O–H groups in total. The van der Waals surface area contributed by atoms with Crippen LogP contribution in [0.5, 0.6) is 0 Å². The van der Waals surface area contributed by atoms with E-state index in [0.717, 1.165) is 0 Å². The van der Waals surface area contributed by atoms with Gasteiger partial charge in [0.25, 0.3) is 0 Å². The quantitative estimate of drug-likeness (QED) is 0.750. The number of nitrogens with one attached hydrogen (secondary N) is 3. The van der Waals surface area contributed by atoms with Gasteiger partial charge >= 0.3 is 0 Å². The number of anilines is 2. The molecule has 1 aromatic heterocycles. The van der Waals surface area contributed by atoms with E-state index in [1.165, 1.54) is 6.33 Å². The Labute approximate surface area is 108 Å². The number of nitrogens with zero attached hydrogens (tertiary/aromatic N) is 2. The van der Waals surface area contributed by atoms with E-state index >= 15 is 0 Å². The largest absolute Gasteiger partial charge is 0.373 e. The van der Waals surface area contributed by atoms with E-state index in [1.54, 1.807) is 20.0 Å². The highest BCUT2D eigenvalue weighted by Gasteiger charge is 2.19. The average Bonchev–Trinajstić information content (AvgIpc) is 2.27. The van der Waals surface area contributed by atoms with Crippen LogP contribution in [0.1, 0.15) is 27.7 Å². The molecule has 0 saturated heterocycles. The summed E-state index contributed by atoms with van der Waals surface area (Å²) in [5.41, 5.74) is -0.241. The van der Waals surface area contributed by atoms with Gasteiger partial charge in [0.15, 0.2) is 0 Å². The number of amides is 1. The number of hydrogen-bond donors (Lipinski definition) is 3. The van der Waals surface area contributed by atoms with Gasteiger partial charge in [-0.25, -0.2) is 9.97 Å². The van der Waals surface area contributed by atoms with Gasteiger partial charge < -0.3 is 16.0 Å². The van der Waals surface area contributed by atoms with Crippen molar-refractivity contribution in [1.82, 2.24) is 15.3 Å². The van der Waals surface area contributed by atoms with Crippen LogP contribution in [-0.2, 0) is 4.79 Å². The first-order chi connectivity index (χ1) is 8.31. The highest BCUT2D eigenvalue weighted by molar-refractivity contribution is 5.84. The second-order valence-electron chi connectivity index (χ2n) is 5.14. The van der Waals surface area contributed by atoms with Crippen LogP contribution in [0.4, 0.5) is 11.6 Å². The Balaban J connectivity index is 2.63. The summed E-state index contributed by atoms with van der Waals surface area (Å²) in [6.07, 6.45) is 1.45. The first-order valence-corrected chi connectivity index (χ1v) is 5.90. The Morgan fingerprint density at radius 3 is 2.44 bits per heavy atom. The monoisotopic (exact) mass is 251 g/mol. The highest BCUT2D eigenvalue weighted by Crippen LogP contribution is 2.09. The fourth-order valence-corrected chi connectivity index (χ4v) is 1.34. The van der Waals surface area contributed by atoms with Crippen molar-refractivity contribution in [2.75, 3.05) is 17.7 Å². The third-order valence-corrected chi connectivity index (χ3v) is 2.18. The molecule has 0 aromatic carbocycles. The average molecular weight is 251 g/mol. The Morgan fingerprint density at radius 1 is 1.28 bits per heavy atom. The summed E-state index contributed by atoms with van der Waals surface area (Å²) in [6, 6.07) is 1.39. The predicted molar refractivity (Wildman–Crippen MR) is 72.6 cm³/mol. The molecule has 1 amide bonds. The second kappa shape index (κ2) is 5.66. The summed E-state index contributed by atoms with van der Waals surface area (Å²) in [6.45, 7) is 7.63. The highest BCUT2D eigenvalue weighted by atomic mass is 16.2. The van der Waals surface area contributed by atoms with Crippen LogP contribution in [0.25, 0.3) is 0 Å². The number of rotatable bonds is 4. The van der Waals surface area contributed by atoms with Gasteiger partial charge in [0, 0.05) is 18.7 Å². The minimum atomic E-state index is -0.358. The van der Waals surface area contributed by atoms with Crippen molar-refractivity contribution in [3.05, 3.63) is 12.4 Å². The van der Waals surface area contributed by atoms with Crippen LogP contribution in [0, 0.1) is 0 Å². The molecular formula is C12H21N5O. The van der Waals surface area contributed by atoms with Crippen molar-refractivity contribution >= 4 is 17.5 Å². The molecule has 1 rings (SSSR count). The predicted octanol–water partition coefficient (Wildman–Crippen LogP) is 1.23. The lowest BCUT2D eigenvalue weighted by molar-refractivity contribution is -0.122. The Kier molecular flexibility index (Phi) is 4.47. The zero-order valence-electron chi connectivity index (χ0n) is 11.5. The first kappa shape index (κ1) is 14.2. The third kappa shape index (κ3) is 4.57. The molecule has 0 spiro atoms. The normalized spacial score (nSPS) is 12.7. The maximum Gasteiger partial charge on any atom is 0.242 e. The second-order valence-corrected chi connectivity index (χ2v) is 5.14. The molecule has 0 fully saturated rings. The minimum absolute atomic E-state index is 0.0629. The van der Waals surface area contributed by atoms with Gasteiger partial charge in [0.2, 0.25) is 5.91 Å². The smallest absolute Gasteiger partial charge is 0.242 e. The summed E-state index contributed by atoms with van der Waals surface area (Å²) >= 11 is 0. The molecule has 0 aliphatic heterocycles. The van der Waals surface area contributed by atoms with Crippen LogP contribution in [0.2, 0.25) is 0 Å². The van der Waals surface area contributed by atoms with E-state index in [-0.39, 0.29) is 17.5 Å². The van der Waals surface area contributed by atoms with Gasteiger partial charge in [0.1, 0.15) is 24.0 Å². The van der Waals surface area contributed by atoms with Crippen molar-refractivity contribution in [1.29, 1.82) is 0 Å². The summed E-state index contributed by atoms with van der Waals surface area (Å²) < 4.78 is 0. The van der Waals surface area contributed by atoms with Crippen molar-refractivity contribution < 1.29 is 4.79 Å². The van der Waals surface area contributed by atoms with Gasteiger partial charge in [-0.2, -0.15) is 0 Å². The lowest BCUT2D eigenvalue weighted by Crippen LogP contribution is -2.47. The van der Waals surface area contributed by atoms with Crippen molar-refractivity contribution in [3.8, 4) is 0 Å². The van der Waals surface area contributed by atoms with E-state index in [4.69, 9.17) is 0 Å². The van der Waals surface area contributed by atoms with E-state index in [9.17, 15) is 4.79 Å². The van der Waals surface area contributed by atoms with Crippen LogP contribution < -0.4 is 16.0 Å². The minimum Gasteiger partial charge on any atom is -0.373 e. The number of carbonyl (C=O) groups is 1. The molecule has 0 bridgehead atoms. The summed E-state index contributed by atoms with van der Waals surface area (Å²) in [5.74, 6) is 1.26. The van der Waals surface area contributed by atoms with E-state index < -0.39 is 0 Å². The van der Waals surface area contributed by atoms with Gasteiger partial charge in [-0.05, 0) is 27.7 Å². The molecule has 100 valence electrons. The Bertz CT molecular complexity index is 413. The topological polar surface area (TPSA) is 78.9 Å². The van der Waals surface area contributed by atoms with Gasteiger partial charge in [-0.3, -0.25) is 4.79 Å². The van der Waals surface area contributed by atoms with Crippen molar-refractivity contribution in [2.24, 2.45) is 0 Å². The maximum atomic E-state index is 11.9. The van der Waals surface area contributed by atoms with Gasteiger partial charge in [-0.1, -0.05) is 0 Å². The van der Waals surface area contributed by atoms with Crippen LogP contribution in [0.15, 0.2) is 12.4 Å². The third-order valence-electron chi connectivity index (χ3n) is 2.18. The Hall–Kier alpha value is -1.85. The maximum absolute atomic E-state index is 11.9. The van der Waals surface area contributed by atoms with E-state index in [0.29, 0.717) is 11.6 Å². The first-order valence-electron chi connectivity index (χ1n) is 5.90. The molecule has 1 atom stereocenters. The standard InChI is InChI=1S/C12H21N5O/c1-8(11(18)17-12(2,3)4)16-10-6-9(13-5)14-7-15-10/h6-8H,1-5H3,(H,17,18)(H2,13,14,15,16). The van der Waals surface area contributed by atoms with Crippen LogP contribution in [0.3, 0.4) is 0 Å². The lowest BCUT2D eigenvalue weighted by Gasteiger charge is -2.23. The fourth-order valence-electron chi connectivity index (χ4n) is 1.34. The summed E-state index contributed by atoms with van der Waals surface area (Å²) in [7, 11) is 1.78. The van der Waals surface area contributed by atoms with Crippen molar-refractivity contribution in [3.63, 3.8) is 0 Å². The molecule has 1 aromatic rings. The Morgan fingerprint density at radius 2 is 1.89 bits per heavy atom. The molecule has 0 saturated carbocycles. The fraction of sp³-hybridized carbons (Fsp3) is 0.583. The number of hydrogen-bond acceptors (Lipinski definition) is 5.